The number of hydrogen-bond donors (Lipinski definition) is 2. The minimum atomic E-state index is -0.0389. The van der Waals surface area contributed by atoms with Crippen LogP contribution in [0.1, 0.15) is 5.69 Å². The van der Waals surface area contributed by atoms with Crippen molar-refractivity contribution < 1.29 is 14.6 Å². The summed E-state index contributed by atoms with van der Waals surface area (Å²) in [6.45, 7) is 0.793. The topological polar surface area (TPSA) is 63.6 Å². The highest BCUT2D eigenvalue weighted by atomic mass is 79.9. The van der Waals surface area contributed by atoms with E-state index in [1.54, 1.807) is 7.11 Å². The Morgan fingerprint density at radius 2 is 2.10 bits per heavy atom. The third-order valence-corrected chi connectivity index (χ3v) is 3.20. The highest BCUT2D eigenvalue weighted by molar-refractivity contribution is 9.10. The zero-order valence-corrected chi connectivity index (χ0v) is 13.3. The Labute approximate surface area is 132 Å². The molecule has 0 aliphatic rings. The van der Waals surface area contributed by atoms with Crippen molar-refractivity contribution in [2.24, 2.45) is 0 Å². The molecule has 0 atom stereocenters. The zero-order valence-electron chi connectivity index (χ0n) is 11.7. The summed E-state index contributed by atoms with van der Waals surface area (Å²) in [5.41, 5.74) is 1.82. The van der Waals surface area contributed by atoms with E-state index in [1.165, 1.54) is 0 Å². The van der Waals surface area contributed by atoms with Gasteiger partial charge < -0.3 is 19.9 Å². The number of anilines is 1. The second-order valence-electron chi connectivity index (χ2n) is 4.24. The normalized spacial score (nSPS) is 10.2. The van der Waals surface area contributed by atoms with Crippen molar-refractivity contribution in [3.8, 4) is 11.5 Å². The Morgan fingerprint density at radius 3 is 2.81 bits per heavy atom. The molecule has 0 aliphatic carbocycles. The van der Waals surface area contributed by atoms with E-state index in [4.69, 9.17) is 14.6 Å². The van der Waals surface area contributed by atoms with Crippen LogP contribution in [0.2, 0.25) is 0 Å². The molecule has 1 heterocycles. The molecule has 2 aromatic rings. The molecule has 0 amide bonds. The summed E-state index contributed by atoms with van der Waals surface area (Å²) in [6, 6.07) is 11.3. The van der Waals surface area contributed by atoms with E-state index in [2.05, 4.69) is 26.2 Å². The summed E-state index contributed by atoms with van der Waals surface area (Å²) >= 11 is 3.35. The molecule has 0 unspecified atom stereocenters. The van der Waals surface area contributed by atoms with Crippen LogP contribution in [0.4, 0.5) is 5.69 Å². The van der Waals surface area contributed by atoms with E-state index in [0.717, 1.165) is 16.0 Å². The number of halogens is 1. The van der Waals surface area contributed by atoms with Gasteiger partial charge in [0.15, 0.2) is 11.5 Å². The predicted octanol–water partition coefficient (Wildman–Crippen LogP) is 2.84. The number of aliphatic hydroxyl groups excluding tert-OH is 1. The molecule has 0 bridgehead atoms. The van der Waals surface area contributed by atoms with Crippen molar-refractivity contribution in [1.29, 1.82) is 0 Å². The molecule has 0 fully saturated rings. The van der Waals surface area contributed by atoms with Crippen molar-refractivity contribution in [3.63, 3.8) is 0 Å². The fraction of sp³-hybridized carbons (Fsp3) is 0.267. The summed E-state index contributed by atoms with van der Waals surface area (Å²) in [5.74, 6) is 1.23. The molecule has 0 spiro atoms. The molecule has 5 nitrogen and oxygen atoms in total. The number of rotatable bonds is 7. The number of nitrogens with zero attached hydrogens (tertiary/aromatic N) is 1. The van der Waals surface area contributed by atoms with E-state index >= 15 is 0 Å². The minimum Gasteiger partial charge on any atom is -0.493 e. The van der Waals surface area contributed by atoms with Crippen molar-refractivity contribution in [2.45, 2.75) is 6.54 Å². The number of pyridine rings is 1. The number of aromatic nitrogens is 1. The lowest BCUT2D eigenvalue weighted by Crippen LogP contribution is -2.05. The van der Waals surface area contributed by atoms with Gasteiger partial charge in [-0.2, -0.15) is 0 Å². The Hall–Kier alpha value is -1.79. The average Bonchev–Trinajstić information content (AvgIpc) is 2.51. The first-order valence-corrected chi connectivity index (χ1v) is 7.29. The molecule has 112 valence electrons. The van der Waals surface area contributed by atoms with E-state index in [9.17, 15) is 0 Å². The van der Waals surface area contributed by atoms with Crippen LogP contribution in [0, 0.1) is 0 Å². The summed E-state index contributed by atoms with van der Waals surface area (Å²) < 4.78 is 11.5. The largest absolute Gasteiger partial charge is 0.493 e. The second kappa shape index (κ2) is 7.85. The zero-order chi connectivity index (χ0) is 15.1. The van der Waals surface area contributed by atoms with Crippen LogP contribution in [0.15, 0.2) is 41.0 Å². The molecule has 0 radical (unpaired) electrons. The van der Waals surface area contributed by atoms with Crippen LogP contribution in [-0.2, 0) is 6.54 Å². The van der Waals surface area contributed by atoms with Crippen molar-refractivity contribution in [1.82, 2.24) is 4.98 Å². The fourth-order valence-corrected chi connectivity index (χ4v) is 2.18. The molecule has 1 aromatic carbocycles. The SMILES string of the molecule is COc1ccc(NCc2cccc(Br)n2)cc1OCCO. The lowest BCUT2D eigenvalue weighted by molar-refractivity contribution is 0.196. The lowest BCUT2D eigenvalue weighted by Gasteiger charge is -2.12. The third kappa shape index (κ3) is 4.61. The maximum Gasteiger partial charge on any atom is 0.163 e. The average molecular weight is 353 g/mol. The number of benzene rings is 1. The number of aliphatic hydroxyl groups is 1. The standard InChI is InChI=1S/C15H17BrN2O3/c1-20-13-6-5-11(9-14(13)21-8-7-19)17-10-12-3-2-4-15(16)18-12/h2-6,9,17,19H,7-8,10H2,1H3. The minimum absolute atomic E-state index is 0.0389. The van der Waals surface area contributed by atoms with Gasteiger partial charge in [-0.05, 0) is 40.2 Å². The van der Waals surface area contributed by atoms with Crippen LogP contribution in [0.25, 0.3) is 0 Å². The van der Waals surface area contributed by atoms with Gasteiger partial charge in [0.25, 0.3) is 0 Å². The lowest BCUT2D eigenvalue weighted by atomic mass is 10.2. The van der Waals surface area contributed by atoms with Gasteiger partial charge in [0.2, 0.25) is 0 Å². The van der Waals surface area contributed by atoms with Gasteiger partial charge in [0.05, 0.1) is 26.0 Å². The van der Waals surface area contributed by atoms with Gasteiger partial charge >= 0.3 is 0 Å². The van der Waals surface area contributed by atoms with Crippen molar-refractivity contribution in [3.05, 3.63) is 46.7 Å². The highest BCUT2D eigenvalue weighted by Gasteiger charge is 2.06. The predicted molar refractivity (Wildman–Crippen MR) is 84.8 cm³/mol. The fourth-order valence-electron chi connectivity index (χ4n) is 1.80. The first-order valence-electron chi connectivity index (χ1n) is 6.50. The van der Waals surface area contributed by atoms with E-state index in [0.29, 0.717) is 18.0 Å². The molecule has 0 aliphatic heterocycles. The quantitative estimate of drug-likeness (QED) is 0.750. The Morgan fingerprint density at radius 1 is 1.24 bits per heavy atom. The van der Waals surface area contributed by atoms with Crippen molar-refractivity contribution in [2.75, 3.05) is 25.6 Å². The van der Waals surface area contributed by atoms with Gasteiger partial charge in [-0.1, -0.05) is 6.07 Å². The molecule has 6 heteroatoms. The first kappa shape index (κ1) is 15.6. The Balaban J connectivity index is 2.06. The number of methoxy groups -OCH3 is 1. The summed E-state index contributed by atoms with van der Waals surface area (Å²) in [4.78, 5) is 4.36. The maximum atomic E-state index is 8.84. The number of hydrogen-bond acceptors (Lipinski definition) is 5. The van der Waals surface area contributed by atoms with Crippen LogP contribution >= 0.6 is 15.9 Å². The highest BCUT2D eigenvalue weighted by Crippen LogP contribution is 2.30. The maximum absolute atomic E-state index is 8.84. The third-order valence-electron chi connectivity index (χ3n) is 2.76. The Bertz CT molecular complexity index is 593. The van der Waals surface area contributed by atoms with Gasteiger partial charge in [-0.15, -0.1) is 0 Å². The molecular formula is C15H17BrN2O3. The van der Waals surface area contributed by atoms with Gasteiger partial charge in [0.1, 0.15) is 11.2 Å². The number of ether oxygens (including phenoxy) is 2. The first-order chi connectivity index (χ1) is 10.2. The molecule has 0 saturated carbocycles. The summed E-state index contributed by atoms with van der Waals surface area (Å²) in [7, 11) is 1.58. The van der Waals surface area contributed by atoms with Crippen LogP contribution in [0.5, 0.6) is 11.5 Å². The number of nitrogens with one attached hydrogen (secondary N) is 1. The molecule has 1 aromatic heterocycles. The molecule has 0 saturated heterocycles. The molecule has 2 rings (SSSR count). The van der Waals surface area contributed by atoms with Crippen LogP contribution in [-0.4, -0.2) is 30.4 Å². The monoisotopic (exact) mass is 352 g/mol. The smallest absolute Gasteiger partial charge is 0.163 e. The van der Waals surface area contributed by atoms with E-state index in [1.807, 2.05) is 36.4 Å². The van der Waals surface area contributed by atoms with E-state index in [-0.39, 0.29) is 13.2 Å². The van der Waals surface area contributed by atoms with Gasteiger partial charge in [0, 0.05) is 11.8 Å². The van der Waals surface area contributed by atoms with Crippen LogP contribution < -0.4 is 14.8 Å². The van der Waals surface area contributed by atoms with Gasteiger partial charge in [-0.25, -0.2) is 4.98 Å². The molecular weight excluding hydrogens is 336 g/mol. The second-order valence-corrected chi connectivity index (χ2v) is 5.06. The summed E-state index contributed by atoms with van der Waals surface area (Å²) in [5, 5.41) is 12.1. The van der Waals surface area contributed by atoms with Crippen molar-refractivity contribution >= 4 is 21.6 Å². The van der Waals surface area contributed by atoms with Crippen LogP contribution in [0.3, 0.4) is 0 Å². The summed E-state index contributed by atoms with van der Waals surface area (Å²) in [6.07, 6.45) is 0. The molecule has 2 N–H and O–H groups in total. The molecule has 21 heavy (non-hydrogen) atoms. The van der Waals surface area contributed by atoms with E-state index < -0.39 is 0 Å². The Kier molecular flexibility index (Phi) is 5.83. The van der Waals surface area contributed by atoms with Gasteiger partial charge in [-0.3, -0.25) is 0 Å².